The van der Waals surface area contributed by atoms with Crippen LogP contribution in [0.2, 0.25) is 0 Å². The maximum absolute atomic E-state index is 5.00. The molecule has 0 amide bonds. The fourth-order valence-corrected chi connectivity index (χ4v) is 3.13. The lowest BCUT2D eigenvalue weighted by Crippen LogP contribution is -2.18. The molecule has 0 aromatic heterocycles. The highest BCUT2D eigenvalue weighted by molar-refractivity contribution is 8.02. The van der Waals surface area contributed by atoms with Crippen molar-refractivity contribution in [1.82, 2.24) is 5.32 Å². The van der Waals surface area contributed by atoms with E-state index in [-0.39, 0.29) is 0 Å². The second kappa shape index (κ2) is 10.7. The molecule has 0 unspecified atom stereocenters. The van der Waals surface area contributed by atoms with Crippen molar-refractivity contribution in [2.45, 2.75) is 18.4 Å². The third-order valence-electron chi connectivity index (χ3n) is 2.44. The van der Waals surface area contributed by atoms with E-state index in [2.05, 4.69) is 36.5 Å². The molecule has 0 bridgehead atoms. The Bertz CT molecular complexity index is 272. The van der Waals surface area contributed by atoms with E-state index in [0.717, 1.165) is 19.7 Å². The summed E-state index contributed by atoms with van der Waals surface area (Å²) in [5.41, 5.74) is 1.33. The summed E-state index contributed by atoms with van der Waals surface area (Å²) in [4.78, 5) is 1.37. The van der Waals surface area contributed by atoms with Crippen LogP contribution in [0, 0.1) is 0 Å². The Labute approximate surface area is 119 Å². The Kier molecular flexibility index (Phi) is 9.48. The lowest BCUT2D eigenvalue weighted by Gasteiger charge is -2.06. The van der Waals surface area contributed by atoms with Crippen LogP contribution in [0.5, 0.6) is 0 Å². The normalized spacial score (nSPS) is 10.8. The minimum Gasteiger partial charge on any atom is -0.383 e. The van der Waals surface area contributed by atoms with Crippen molar-refractivity contribution < 1.29 is 4.74 Å². The quantitative estimate of drug-likeness (QED) is 0.526. The lowest BCUT2D eigenvalue weighted by atomic mass is 10.2. The van der Waals surface area contributed by atoms with Crippen LogP contribution >= 0.6 is 23.5 Å². The molecular formula is C14H23NOS2. The van der Waals surface area contributed by atoms with Gasteiger partial charge in [0.05, 0.1) is 6.61 Å². The van der Waals surface area contributed by atoms with Crippen molar-refractivity contribution in [3.63, 3.8) is 0 Å². The highest BCUT2D eigenvalue weighted by atomic mass is 32.2. The van der Waals surface area contributed by atoms with Crippen LogP contribution in [-0.2, 0) is 11.3 Å². The Morgan fingerprint density at radius 2 is 1.94 bits per heavy atom. The second-order valence-corrected chi connectivity index (χ2v) is 6.42. The van der Waals surface area contributed by atoms with Gasteiger partial charge in [-0.15, -0.1) is 11.8 Å². The molecular weight excluding hydrogens is 262 g/mol. The van der Waals surface area contributed by atoms with Gasteiger partial charge in [0.2, 0.25) is 0 Å². The molecule has 102 valence electrons. The maximum Gasteiger partial charge on any atom is 0.0587 e. The molecule has 0 aliphatic rings. The average Bonchev–Trinajstić information content (AvgIpc) is 2.41. The summed E-state index contributed by atoms with van der Waals surface area (Å²) in [5.74, 6) is 3.65. The van der Waals surface area contributed by atoms with Crippen molar-refractivity contribution in [3.8, 4) is 0 Å². The van der Waals surface area contributed by atoms with Crippen LogP contribution in [0.1, 0.15) is 12.5 Å². The topological polar surface area (TPSA) is 21.3 Å². The number of hydrogen-bond acceptors (Lipinski definition) is 4. The molecule has 1 N–H and O–H groups in total. The first-order valence-corrected chi connectivity index (χ1v) is 8.50. The molecule has 0 saturated heterocycles. The number of rotatable bonds is 10. The van der Waals surface area contributed by atoms with E-state index in [0.29, 0.717) is 0 Å². The summed E-state index contributed by atoms with van der Waals surface area (Å²) >= 11 is 3.94. The highest BCUT2D eigenvalue weighted by Gasteiger charge is 1.96. The van der Waals surface area contributed by atoms with Crippen LogP contribution in [0.15, 0.2) is 29.2 Å². The predicted octanol–water partition coefficient (Wildman–Crippen LogP) is 3.27. The third kappa shape index (κ3) is 7.31. The van der Waals surface area contributed by atoms with Crippen LogP contribution in [0.3, 0.4) is 0 Å². The van der Waals surface area contributed by atoms with Crippen LogP contribution in [-0.4, -0.2) is 37.5 Å². The number of thioether (sulfide) groups is 2. The summed E-state index contributed by atoms with van der Waals surface area (Å²) < 4.78 is 5.00. The van der Waals surface area contributed by atoms with Crippen LogP contribution < -0.4 is 5.32 Å². The Hall–Kier alpha value is -0.160. The Morgan fingerprint density at radius 1 is 1.17 bits per heavy atom. The summed E-state index contributed by atoms with van der Waals surface area (Å²) in [6.45, 7) is 4.80. The first-order chi connectivity index (χ1) is 8.86. The Morgan fingerprint density at radius 3 is 2.61 bits per heavy atom. The van der Waals surface area contributed by atoms with E-state index in [1.54, 1.807) is 7.11 Å². The summed E-state index contributed by atoms with van der Waals surface area (Å²) in [6, 6.07) is 8.84. The number of hydrogen-bond donors (Lipinski definition) is 1. The smallest absolute Gasteiger partial charge is 0.0587 e. The molecule has 1 rings (SSSR count). The SMILES string of the molecule is CCSCCSc1ccc(CNCCOC)cc1. The minimum absolute atomic E-state index is 0.767. The fourth-order valence-electron chi connectivity index (χ4n) is 1.47. The molecule has 0 atom stereocenters. The molecule has 2 nitrogen and oxygen atoms in total. The first-order valence-electron chi connectivity index (χ1n) is 6.36. The van der Waals surface area contributed by atoms with Crippen molar-refractivity contribution in [2.75, 3.05) is 37.5 Å². The first kappa shape index (κ1) is 15.9. The van der Waals surface area contributed by atoms with Gasteiger partial charge < -0.3 is 10.1 Å². The van der Waals surface area contributed by atoms with Crippen LogP contribution in [0.4, 0.5) is 0 Å². The van der Waals surface area contributed by atoms with Gasteiger partial charge in [0.1, 0.15) is 0 Å². The van der Waals surface area contributed by atoms with E-state index in [4.69, 9.17) is 4.74 Å². The molecule has 18 heavy (non-hydrogen) atoms. The van der Waals surface area contributed by atoms with Gasteiger partial charge in [-0.2, -0.15) is 11.8 Å². The largest absolute Gasteiger partial charge is 0.383 e. The number of ether oxygens (including phenoxy) is 1. The summed E-state index contributed by atoms with van der Waals surface area (Å²) in [5, 5.41) is 3.35. The zero-order valence-electron chi connectivity index (χ0n) is 11.3. The van der Waals surface area contributed by atoms with Crippen molar-refractivity contribution >= 4 is 23.5 Å². The molecule has 4 heteroatoms. The van der Waals surface area contributed by atoms with Gasteiger partial charge in [-0.3, -0.25) is 0 Å². The lowest BCUT2D eigenvalue weighted by molar-refractivity contribution is 0.199. The molecule has 0 heterocycles. The standard InChI is InChI=1S/C14H23NOS2/c1-3-17-10-11-18-14-6-4-13(5-7-14)12-15-8-9-16-2/h4-7,15H,3,8-12H2,1-2H3. The molecule has 0 aliphatic heterocycles. The number of nitrogens with one attached hydrogen (secondary N) is 1. The third-order valence-corrected chi connectivity index (χ3v) is 4.61. The molecule has 1 aromatic carbocycles. The van der Waals surface area contributed by atoms with Crippen LogP contribution in [0.25, 0.3) is 0 Å². The van der Waals surface area contributed by atoms with Gasteiger partial charge in [-0.25, -0.2) is 0 Å². The molecule has 0 radical (unpaired) electrons. The maximum atomic E-state index is 5.00. The zero-order chi connectivity index (χ0) is 13.1. The predicted molar refractivity (Wildman–Crippen MR) is 83.7 cm³/mol. The fraction of sp³-hybridized carbons (Fsp3) is 0.571. The monoisotopic (exact) mass is 285 g/mol. The number of benzene rings is 1. The van der Waals surface area contributed by atoms with E-state index >= 15 is 0 Å². The molecule has 0 saturated carbocycles. The second-order valence-electron chi connectivity index (χ2n) is 3.86. The average molecular weight is 285 g/mol. The van der Waals surface area contributed by atoms with Gasteiger partial charge >= 0.3 is 0 Å². The van der Waals surface area contributed by atoms with E-state index in [1.807, 2.05) is 23.5 Å². The molecule has 0 aliphatic carbocycles. The van der Waals surface area contributed by atoms with E-state index in [9.17, 15) is 0 Å². The summed E-state index contributed by atoms with van der Waals surface area (Å²) in [6.07, 6.45) is 0. The van der Waals surface area contributed by atoms with Crippen molar-refractivity contribution in [2.24, 2.45) is 0 Å². The van der Waals surface area contributed by atoms with E-state index < -0.39 is 0 Å². The van der Waals surface area contributed by atoms with Crippen molar-refractivity contribution in [1.29, 1.82) is 0 Å². The van der Waals surface area contributed by atoms with Crippen molar-refractivity contribution in [3.05, 3.63) is 29.8 Å². The zero-order valence-corrected chi connectivity index (χ0v) is 12.9. The molecule has 0 spiro atoms. The Balaban J connectivity index is 2.20. The molecule has 1 aromatic rings. The van der Waals surface area contributed by atoms with Gasteiger partial charge in [0.25, 0.3) is 0 Å². The van der Waals surface area contributed by atoms with E-state index in [1.165, 1.54) is 27.7 Å². The molecule has 0 fully saturated rings. The van der Waals surface area contributed by atoms with Gasteiger partial charge in [-0.1, -0.05) is 19.1 Å². The summed E-state index contributed by atoms with van der Waals surface area (Å²) in [7, 11) is 1.73. The number of methoxy groups -OCH3 is 1. The van der Waals surface area contributed by atoms with Gasteiger partial charge in [0.15, 0.2) is 0 Å². The van der Waals surface area contributed by atoms with Gasteiger partial charge in [-0.05, 0) is 23.4 Å². The van der Waals surface area contributed by atoms with Gasteiger partial charge in [0, 0.05) is 36.6 Å². The highest BCUT2D eigenvalue weighted by Crippen LogP contribution is 2.19. The minimum atomic E-state index is 0.767.